The maximum Gasteiger partial charge on any atom is 0.226 e. The predicted molar refractivity (Wildman–Crippen MR) is 105 cm³/mol. The summed E-state index contributed by atoms with van der Waals surface area (Å²) in [6, 6.07) is 12.1. The number of amides is 1. The Hall–Kier alpha value is -2.76. The Morgan fingerprint density at radius 3 is 2.23 bits per heavy atom. The van der Waals surface area contributed by atoms with Crippen molar-refractivity contribution >= 4 is 23.1 Å². The minimum atomic E-state index is -0.0410. The van der Waals surface area contributed by atoms with Crippen molar-refractivity contribution in [1.82, 2.24) is 4.98 Å². The van der Waals surface area contributed by atoms with E-state index in [-0.39, 0.29) is 11.8 Å². The predicted octanol–water partition coefficient (Wildman–Crippen LogP) is 3.01. The lowest BCUT2D eigenvalue weighted by Crippen LogP contribution is -2.46. The number of ether oxygens (including phenoxy) is 1. The van der Waals surface area contributed by atoms with E-state index in [2.05, 4.69) is 32.2 Å². The van der Waals surface area contributed by atoms with E-state index in [1.807, 2.05) is 38.1 Å². The van der Waals surface area contributed by atoms with Crippen LogP contribution in [0.25, 0.3) is 0 Å². The molecule has 1 aliphatic rings. The molecule has 1 N–H and O–H groups in total. The van der Waals surface area contributed by atoms with Gasteiger partial charge in [-0.05, 0) is 36.4 Å². The molecule has 138 valence electrons. The SMILES string of the molecule is COc1ccc(N2CCN(c3ccc(NC(=O)C(C)C)cn3)CC2)cc1. The molecular weight excluding hydrogens is 328 g/mol. The third-order valence-corrected chi connectivity index (χ3v) is 4.58. The largest absolute Gasteiger partial charge is 0.497 e. The first-order valence-corrected chi connectivity index (χ1v) is 8.97. The van der Waals surface area contributed by atoms with Crippen LogP contribution < -0.4 is 19.9 Å². The molecule has 6 heteroatoms. The molecule has 1 aliphatic heterocycles. The number of nitrogens with zero attached hydrogens (tertiary/aromatic N) is 3. The van der Waals surface area contributed by atoms with Crippen LogP contribution >= 0.6 is 0 Å². The van der Waals surface area contributed by atoms with Gasteiger partial charge in [-0.2, -0.15) is 0 Å². The maximum absolute atomic E-state index is 11.7. The summed E-state index contributed by atoms with van der Waals surface area (Å²) in [6.45, 7) is 7.46. The van der Waals surface area contributed by atoms with Crippen molar-refractivity contribution in [2.75, 3.05) is 48.4 Å². The highest BCUT2D eigenvalue weighted by molar-refractivity contribution is 5.91. The number of carbonyl (C=O) groups excluding carboxylic acids is 1. The third kappa shape index (κ3) is 4.25. The second-order valence-electron chi connectivity index (χ2n) is 6.72. The molecule has 26 heavy (non-hydrogen) atoms. The summed E-state index contributed by atoms with van der Waals surface area (Å²) in [6.07, 6.45) is 1.73. The van der Waals surface area contributed by atoms with Gasteiger partial charge in [0, 0.05) is 37.8 Å². The standard InChI is InChI=1S/C20H26N4O2/c1-15(2)20(25)22-16-4-9-19(21-14-16)24-12-10-23(11-13-24)17-5-7-18(26-3)8-6-17/h4-9,14-15H,10-13H2,1-3H3,(H,22,25). The van der Waals surface area contributed by atoms with E-state index in [1.54, 1.807) is 13.3 Å². The summed E-state index contributed by atoms with van der Waals surface area (Å²) in [7, 11) is 1.68. The lowest BCUT2D eigenvalue weighted by molar-refractivity contribution is -0.118. The first kappa shape index (κ1) is 18.0. The van der Waals surface area contributed by atoms with E-state index in [0.29, 0.717) is 0 Å². The Morgan fingerprint density at radius 1 is 1.04 bits per heavy atom. The maximum atomic E-state index is 11.7. The molecule has 2 heterocycles. The van der Waals surface area contributed by atoms with Gasteiger partial charge in [-0.25, -0.2) is 4.98 Å². The summed E-state index contributed by atoms with van der Waals surface area (Å²) in [4.78, 5) is 20.9. The molecule has 0 spiro atoms. The average molecular weight is 354 g/mol. The lowest BCUT2D eigenvalue weighted by atomic mass is 10.2. The number of benzene rings is 1. The van der Waals surface area contributed by atoms with Gasteiger partial charge in [0.05, 0.1) is 19.0 Å². The molecule has 1 aromatic carbocycles. The van der Waals surface area contributed by atoms with Crippen LogP contribution in [0.3, 0.4) is 0 Å². The summed E-state index contributed by atoms with van der Waals surface area (Å²) in [5, 5.41) is 2.87. The third-order valence-electron chi connectivity index (χ3n) is 4.58. The van der Waals surface area contributed by atoms with Gasteiger partial charge < -0.3 is 19.9 Å². The van der Waals surface area contributed by atoms with Crippen molar-refractivity contribution in [3.05, 3.63) is 42.6 Å². The van der Waals surface area contributed by atoms with Crippen LogP contribution in [0.1, 0.15) is 13.8 Å². The number of piperazine rings is 1. The number of aromatic nitrogens is 1. The molecule has 0 bridgehead atoms. The first-order valence-electron chi connectivity index (χ1n) is 8.97. The first-order chi connectivity index (χ1) is 12.6. The van der Waals surface area contributed by atoms with Gasteiger partial charge in [0.1, 0.15) is 11.6 Å². The van der Waals surface area contributed by atoms with E-state index >= 15 is 0 Å². The monoisotopic (exact) mass is 354 g/mol. The number of methoxy groups -OCH3 is 1. The normalized spacial score (nSPS) is 14.5. The number of carbonyl (C=O) groups is 1. The van der Waals surface area contributed by atoms with Gasteiger partial charge in [-0.1, -0.05) is 13.8 Å². The van der Waals surface area contributed by atoms with Crippen molar-refractivity contribution in [3.63, 3.8) is 0 Å². The zero-order valence-corrected chi connectivity index (χ0v) is 15.6. The van der Waals surface area contributed by atoms with Crippen molar-refractivity contribution < 1.29 is 9.53 Å². The van der Waals surface area contributed by atoms with Crippen molar-refractivity contribution in [3.8, 4) is 5.75 Å². The quantitative estimate of drug-likeness (QED) is 0.894. The highest BCUT2D eigenvalue weighted by atomic mass is 16.5. The molecule has 0 saturated carbocycles. The Kier molecular flexibility index (Phi) is 5.61. The van der Waals surface area contributed by atoms with Crippen LogP contribution in [0.2, 0.25) is 0 Å². The Labute approximate surface area is 154 Å². The average Bonchev–Trinajstić information content (AvgIpc) is 2.69. The number of hydrogen-bond donors (Lipinski definition) is 1. The molecule has 0 atom stereocenters. The molecule has 0 radical (unpaired) electrons. The second kappa shape index (κ2) is 8.08. The zero-order valence-electron chi connectivity index (χ0n) is 15.6. The second-order valence-corrected chi connectivity index (χ2v) is 6.72. The number of nitrogens with one attached hydrogen (secondary N) is 1. The van der Waals surface area contributed by atoms with Crippen molar-refractivity contribution in [2.45, 2.75) is 13.8 Å². The van der Waals surface area contributed by atoms with Crippen LogP contribution in [0, 0.1) is 5.92 Å². The Morgan fingerprint density at radius 2 is 1.69 bits per heavy atom. The molecule has 0 aliphatic carbocycles. The van der Waals surface area contributed by atoms with Gasteiger partial charge in [-0.15, -0.1) is 0 Å². The van der Waals surface area contributed by atoms with Crippen molar-refractivity contribution in [2.24, 2.45) is 5.92 Å². The van der Waals surface area contributed by atoms with Gasteiger partial charge in [0.25, 0.3) is 0 Å². The minimum absolute atomic E-state index is 0.00709. The summed E-state index contributed by atoms with van der Waals surface area (Å²) >= 11 is 0. The summed E-state index contributed by atoms with van der Waals surface area (Å²) < 4.78 is 5.22. The van der Waals surface area contributed by atoms with E-state index in [1.165, 1.54) is 5.69 Å². The number of pyridine rings is 1. The zero-order chi connectivity index (χ0) is 18.5. The molecule has 0 unspecified atom stereocenters. The van der Waals surface area contributed by atoms with Gasteiger partial charge >= 0.3 is 0 Å². The van der Waals surface area contributed by atoms with E-state index in [9.17, 15) is 4.79 Å². The van der Waals surface area contributed by atoms with E-state index in [0.717, 1.165) is 43.4 Å². The highest BCUT2D eigenvalue weighted by Crippen LogP contribution is 2.22. The van der Waals surface area contributed by atoms with Crippen LogP contribution in [0.4, 0.5) is 17.2 Å². The molecule has 3 rings (SSSR count). The van der Waals surface area contributed by atoms with Crippen LogP contribution in [0.15, 0.2) is 42.6 Å². The topological polar surface area (TPSA) is 57.7 Å². The fourth-order valence-corrected chi connectivity index (χ4v) is 2.92. The van der Waals surface area contributed by atoms with Crippen LogP contribution in [-0.4, -0.2) is 44.2 Å². The molecule has 1 saturated heterocycles. The fourth-order valence-electron chi connectivity index (χ4n) is 2.92. The van der Waals surface area contributed by atoms with E-state index < -0.39 is 0 Å². The minimum Gasteiger partial charge on any atom is -0.497 e. The Bertz CT molecular complexity index is 720. The fraction of sp³-hybridized carbons (Fsp3) is 0.400. The highest BCUT2D eigenvalue weighted by Gasteiger charge is 2.18. The molecular formula is C20H26N4O2. The Balaban J connectivity index is 1.56. The number of anilines is 3. The summed E-state index contributed by atoms with van der Waals surface area (Å²) in [5.74, 6) is 1.79. The van der Waals surface area contributed by atoms with Gasteiger partial charge in [0.2, 0.25) is 5.91 Å². The smallest absolute Gasteiger partial charge is 0.226 e. The van der Waals surface area contributed by atoms with Crippen LogP contribution in [-0.2, 0) is 4.79 Å². The number of hydrogen-bond acceptors (Lipinski definition) is 5. The van der Waals surface area contributed by atoms with Crippen LogP contribution in [0.5, 0.6) is 5.75 Å². The molecule has 1 aromatic heterocycles. The molecule has 1 fully saturated rings. The summed E-state index contributed by atoms with van der Waals surface area (Å²) in [5.41, 5.74) is 1.95. The molecule has 1 amide bonds. The van der Waals surface area contributed by atoms with Gasteiger partial charge in [0.15, 0.2) is 0 Å². The van der Waals surface area contributed by atoms with E-state index in [4.69, 9.17) is 4.74 Å². The molecule has 2 aromatic rings. The van der Waals surface area contributed by atoms with Gasteiger partial charge in [-0.3, -0.25) is 4.79 Å². The molecule has 6 nitrogen and oxygen atoms in total. The lowest BCUT2D eigenvalue weighted by Gasteiger charge is -2.36. The van der Waals surface area contributed by atoms with Crippen molar-refractivity contribution in [1.29, 1.82) is 0 Å². The number of rotatable bonds is 5.